The maximum absolute atomic E-state index is 15.1. The fraction of sp³-hybridized carbons (Fsp3) is 0.553. The summed E-state index contributed by atoms with van der Waals surface area (Å²) in [7, 11) is -0.826. The van der Waals surface area contributed by atoms with Gasteiger partial charge in [0.15, 0.2) is 0 Å². The number of ether oxygens (including phenoxy) is 4. The number of carbonyl (C=O) groups excluding carboxylic acids is 4. The van der Waals surface area contributed by atoms with Crippen LogP contribution in [0.25, 0.3) is 22.0 Å². The molecule has 64 heavy (non-hydrogen) atoms. The second-order valence-electron chi connectivity index (χ2n) is 18.9. The molecule has 2 aliphatic heterocycles. The van der Waals surface area contributed by atoms with Crippen LogP contribution in [0, 0.1) is 29.6 Å². The highest BCUT2D eigenvalue weighted by Gasteiger charge is 2.62. The number of rotatable bonds is 10. The minimum Gasteiger partial charge on any atom is -0.497 e. The summed E-state index contributed by atoms with van der Waals surface area (Å²) in [4.78, 5) is 63.9. The Kier molecular flexibility index (Phi) is 12.0. The third kappa shape index (κ3) is 9.09. The number of hydrogen-bond donors (Lipinski definition) is 3. The highest BCUT2D eigenvalue weighted by atomic mass is 35.5. The molecule has 9 rings (SSSR count). The number of pyridine rings is 1. The van der Waals surface area contributed by atoms with Gasteiger partial charge in [-0.3, -0.25) is 19.1 Å². The molecule has 0 bridgehead atoms. The van der Waals surface area contributed by atoms with Gasteiger partial charge in [-0.15, -0.1) is 0 Å². The molecule has 4 aliphatic carbocycles. The summed E-state index contributed by atoms with van der Waals surface area (Å²) in [6, 6.07) is 10.5. The van der Waals surface area contributed by atoms with Gasteiger partial charge >= 0.3 is 6.09 Å². The highest BCUT2D eigenvalue weighted by Crippen LogP contribution is 2.52. The van der Waals surface area contributed by atoms with Crippen molar-refractivity contribution >= 4 is 56.2 Å². The van der Waals surface area contributed by atoms with E-state index in [2.05, 4.69) is 22.3 Å². The number of sulfonamides is 1. The normalized spacial score (nSPS) is 31.8. The standard InChI is InChI=1S/C47H56ClN5O10S/c1-25-7-5-6-8-31-23-47(31,45(56)52-64(58,59)35-11-12-35)51-42(54)39-22-34(24-53(39)44(55)41(26(2)15-25)50-46(57)63-33-17-28-16-29(28)18-33)62-43-36-13-10-32(60-3)19-30(36)21-38(49-43)27-9-14-40(61-4)37(48)20-27/h6,8-10,13-14,19-21,25-26,28-29,31,33-35,39,41H,5,7,11-12,15-18,22-24H2,1-4H3,(H,50,57)(H,51,54)(H,52,56)/b8-6-/t25-,26-,28-,29+,31-,33?,34-,39+,41+,47-/m1/s1. The average Bonchev–Trinajstić information content (AvgIpc) is 4.23. The molecular weight excluding hydrogens is 862 g/mol. The van der Waals surface area contributed by atoms with Crippen molar-refractivity contribution in [2.75, 3.05) is 20.8 Å². The number of nitrogens with one attached hydrogen (secondary N) is 3. The highest BCUT2D eigenvalue weighted by molar-refractivity contribution is 7.91. The van der Waals surface area contributed by atoms with Gasteiger partial charge < -0.3 is 34.5 Å². The molecule has 2 aromatic carbocycles. The number of allylic oxidation sites excluding steroid dienone is 1. The van der Waals surface area contributed by atoms with Crippen molar-refractivity contribution in [1.82, 2.24) is 25.2 Å². The second kappa shape index (κ2) is 17.4. The van der Waals surface area contributed by atoms with Gasteiger partial charge in [0, 0.05) is 23.3 Å². The van der Waals surface area contributed by atoms with E-state index in [0.717, 1.165) is 31.1 Å². The zero-order valence-corrected chi connectivity index (χ0v) is 38.1. The first kappa shape index (κ1) is 44.1. The maximum Gasteiger partial charge on any atom is 0.408 e. The minimum absolute atomic E-state index is 0.000865. The lowest BCUT2D eigenvalue weighted by atomic mass is 9.88. The molecule has 3 heterocycles. The third-order valence-corrected chi connectivity index (χ3v) is 16.2. The van der Waals surface area contributed by atoms with Gasteiger partial charge in [-0.05, 0) is 129 Å². The second-order valence-corrected chi connectivity index (χ2v) is 21.2. The van der Waals surface area contributed by atoms with Crippen molar-refractivity contribution in [1.29, 1.82) is 0 Å². The lowest BCUT2D eigenvalue weighted by molar-refractivity contribution is -0.142. The Morgan fingerprint density at radius 2 is 1.72 bits per heavy atom. The Labute approximate surface area is 378 Å². The fourth-order valence-electron chi connectivity index (χ4n) is 10.1. The maximum atomic E-state index is 15.1. The number of carbonyl (C=O) groups is 4. The molecule has 5 fully saturated rings. The summed E-state index contributed by atoms with van der Waals surface area (Å²) in [5.74, 6) is -0.0760. The molecular formula is C47H56ClN5O10S. The zero-order valence-electron chi connectivity index (χ0n) is 36.5. The third-order valence-electron chi connectivity index (χ3n) is 14.1. The number of aromatic nitrogens is 1. The Hall–Kier alpha value is -5.09. The first-order chi connectivity index (χ1) is 30.6. The molecule has 3 aromatic rings. The molecule has 3 N–H and O–H groups in total. The Morgan fingerprint density at radius 3 is 2.44 bits per heavy atom. The molecule has 0 radical (unpaired) electrons. The smallest absolute Gasteiger partial charge is 0.408 e. The van der Waals surface area contributed by atoms with Crippen LogP contribution in [0.2, 0.25) is 5.02 Å². The number of nitrogens with zero attached hydrogens (tertiary/aromatic N) is 2. The SMILES string of the molecule is COc1ccc2c(O[C@@H]3C[C@H]4C(=O)N[C@]5(C(=O)NS(=O)(=O)C6CC6)C[C@H]5/C=C\CC[C@@H](C)C[C@@H](C)[C@H](NC(=O)OC5C[C@@H]6C[C@@H]6C5)C(=O)N4C3)nc(-c3ccc(OC)c(Cl)c3)cc2c1. The Bertz CT molecular complexity index is 2490. The first-order valence-corrected chi connectivity index (χ1v) is 24.4. The van der Waals surface area contributed by atoms with Crippen LogP contribution in [0.4, 0.5) is 4.79 Å². The van der Waals surface area contributed by atoms with E-state index < -0.39 is 68.7 Å². The van der Waals surface area contributed by atoms with E-state index in [0.29, 0.717) is 70.7 Å². The monoisotopic (exact) mass is 917 g/mol. The van der Waals surface area contributed by atoms with Crippen molar-refractivity contribution in [3.8, 4) is 28.6 Å². The molecule has 4 amide bonds. The van der Waals surface area contributed by atoms with Crippen molar-refractivity contribution in [3.63, 3.8) is 0 Å². The van der Waals surface area contributed by atoms with Crippen LogP contribution in [-0.4, -0.2) is 98.0 Å². The van der Waals surface area contributed by atoms with E-state index in [1.165, 1.54) is 12.0 Å². The van der Waals surface area contributed by atoms with E-state index in [1.807, 2.05) is 43.3 Å². The number of hydrogen-bond acceptors (Lipinski definition) is 11. The van der Waals surface area contributed by atoms with Crippen molar-refractivity contribution in [3.05, 3.63) is 59.6 Å². The van der Waals surface area contributed by atoms with Gasteiger partial charge in [0.25, 0.3) is 5.91 Å². The van der Waals surface area contributed by atoms with Crippen LogP contribution in [0.15, 0.2) is 54.6 Å². The van der Waals surface area contributed by atoms with E-state index in [9.17, 15) is 22.8 Å². The van der Waals surface area contributed by atoms with Gasteiger partial charge in [0.2, 0.25) is 27.7 Å². The molecule has 1 saturated heterocycles. The van der Waals surface area contributed by atoms with Crippen LogP contribution in [0.3, 0.4) is 0 Å². The molecule has 17 heteroatoms. The molecule has 0 spiro atoms. The Balaban J connectivity index is 1.06. The van der Waals surface area contributed by atoms with Crippen LogP contribution in [0.1, 0.15) is 78.1 Å². The quantitative estimate of drug-likeness (QED) is 0.193. The van der Waals surface area contributed by atoms with Crippen LogP contribution in [-0.2, 0) is 29.1 Å². The van der Waals surface area contributed by atoms with Gasteiger partial charge in [0.05, 0.1) is 36.7 Å². The average molecular weight is 919 g/mol. The number of halogens is 1. The molecule has 15 nitrogen and oxygen atoms in total. The zero-order chi connectivity index (χ0) is 45.1. The van der Waals surface area contributed by atoms with Gasteiger partial charge in [-0.1, -0.05) is 37.6 Å². The molecule has 6 aliphatic rings. The predicted octanol–water partition coefficient (Wildman–Crippen LogP) is 6.31. The number of methoxy groups -OCH3 is 2. The van der Waals surface area contributed by atoms with Crippen LogP contribution >= 0.6 is 11.6 Å². The summed E-state index contributed by atoms with van der Waals surface area (Å²) >= 11 is 6.55. The molecule has 1 aromatic heterocycles. The number of benzene rings is 2. The molecule has 10 atom stereocenters. The number of fused-ring (bicyclic) bond motifs is 4. The molecule has 4 saturated carbocycles. The lowest BCUT2D eigenvalue weighted by Crippen LogP contribution is -2.59. The number of amides is 4. The van der Waals surface area contributed by atoms with E-state index in [1.54, 1.807) is 25.3 Å². The van der Waals surface area contributed by atoms with Gasteiger partial charge in [-0.25, -0.2) is 18.2 Å². The summed E-state index contributed by atoms with van der Waals surface area (Å²) in [5, 5.41) is 7.00. The predicted molar refractivity (Wildman–Crippen MR) is 238 cm³/mol. The first-order valence-electron chi connectivity index (χ1n) is 22.5. The van der Waals surface area contributed by atoms with Crippen molar-refractivity contribution in [2.24, 2.45) is 29.6 Å². The van der Waals surface area contributed by atoms with Crippen LogP contribution < -0.4 is 29.6 Å². The molecule has 342 valence electrons. The van der Waals surface area contributed by atoms with Crippen molar-refractivity contribution < 1.29 is 46.5 Å². The summed E-state index contributed by atoms with van der Waals surface area (Å²) in [6.07, 6.45) is 8.10. The Morgan fingerprint density at radius 1 is 0.938 bits per heavy atom. The summed E-state index contributed by atoms with van der Waals surface area (Å²) in [5.41, 5.74) is -0.321. The minimum atomic E-state index is -3.93. The van der Waals surface area contributed by atoms with E-state index >= 15 is 4.79 Å². The summed E-state index contributed by atoms with van der Waals surface area (Å²) in [6.45, 7) is 3.96. The largest absolute Gasteiger partial charge is 0.497 e. The summed E-state index contributed by atoms with van der Waals surface area (Å²) < 4.78 is 51.9. The van der Waals surface area contributed by atoms with E-state index in [4.69, 9.17) is 35.5 Å². The molecule has 1 unspecified atom stereocenters. The van der Waals surface area contributed by atoms with Crippen LogP contribution in [0.5, 0.6) is 17.4 Å². The lowest BCUT2D eigenvalue weighted by Gasteiger charge is -2.33. The van der Waals surface area contributed by atoms with Crippen molar-refractivity contribution in [2.45, 2.75) is 113 Å². The van der Waals surface area contributed by atoms with Gasteiger partial charge in [0.1, 0.15) is 41.3 Å². The number of alkyl carbamates (subject to hydrolysis) is 1. The van der Waals surface area contributed by atoms with Gasteiger partial charge in [-0.2, -0.15) is 0 Å². The van der Waals surface area contributed by atoms with E-state index in [-0.39, 0.29) is 43.2 Å². The topological polar surface area (TPSA) is 192 Å². The fourth-order valence-corrected chi connectivity index (χ4v) is 11.7.